The lowest BCUT2D eigenvalue weighted by Crippen LogP contribution is -2.26. The van der Waals surface area contributed by atoms with E-state index in [9.17, 15) is 0 Å². The Morgan fingerprint density at radius 3 is 2.80 bits per heavy atom. The van der Waals surface area contributed by atoms with Crippen LogP contribution in [-0.4, -0.2) is 29.2 Å². The predicted octanol–water partition coefficient (Wildman–Crippen LogP) is 0.170. The molecule has 0 radical (unpaired) electrons. The minimum atomic E-state index is 0.208. The second-order valence-electron chi connectivity index (χ2n) is 2.77. The zero-order valence-electron chi connectivity index (χ0n) is 6.12. The number of nitrogens with zero attached hydrogens (tertiary/aromatic N) is 2. The van der Waals surface area contributed by atoms with E-state index in [4.69, 9.17) is 10.4 Å². The van der Waals surface area contributed by atoms with E-state index >= 15 is 0 Å². The van der Waals surface area contributed by atoms with Crippen molar-refractivity contribution in [1.82, 2.24) is 4.90 Å². The lowest BCUT2D eigenvalue weighted by Gasteiger charge is -2.16. The van der Waals surface area contributed by atoms with E-state index in [0.29, 0.717) is 5.92 Å². The topological polar surface area (TPSA) is 47.3 Å². The molecule has 0 aromatic heterocycles. The van der Waals surface area contributed by atoms with E-state index in [-0.39, 0.29) is 12.6 Å². The summed E-state index contributed by atoms with van der Waals surface area (Å²) in [6, 6.07) is 0.231. The summed E-state index contributed by atoms with van der Waals surface area (Å²) in [5.74, 6) is 0.305. The van der Waals surface area contributed by atoms with Crippen molar-refractivity contribution in [2.45, 2.75) is 19.4 Å². The first-order valence-corrected chi connectivity index (χ1v) is 3.57. The van der Waals surface area contributed by atoms with Crippen LogP contribution in [0, 0.1) is 17.4 Å². The normalized spacial score (nSPS) is 32.3. The Morgan fingerprint density at radius 1 is 1.80 bits per heavy atom. The van der Waals surface area contributed by atoms with Crippen LogP contribution >= 0.6 is 0 Å². The highest BCUT2D eigenvalue weighted by atomic mass is 16.3. The van der Waals surface area contributed by atoms with Crippen LogP contribution in [0.1, 0.15) is 13.3 Å². The van der Waals surface area contributed by atoms with Gasteiger partial charge in [0.1, 0.15) is 0 Å². The summed E-state index contributed by atoms with van der Waals surface area (Å²) in [6.07, 6.45) is 3.05. The van der Waals surface area contributed by atoms with E-state index in [0.717, 1.165) is 13.0 Å². The fourth-order valence-electron chi connectivity index (χ4n) is 1.39. The zero-order chi connectivity index (χ0) is 7.56. The maximum Gasteiger partial charge on any atom is 0.179 e. The van der Waals surface area contributed by atoms with Crippen LogP contribution in [0.25, 0.3) is 0 Å². The van der Waals surface area contributed by atoms with Crippen LogP contribution in [0.4, 0.5) is 0 Å². The molecule has 0 spiro atoms. The van der Waals surface area contributed by atoms with Crippen LogP contribution in [0.2, 0.25) is 0 Å². The molecule has 0 saturated carbocycles. The second kappa shape index (κ2) is 2.89. The van der Waals surface area contributed by atoms with E-state index in [1.807, 2.05) is 6.92 Å². The van der Waals surface area contributed by atoms with Gasteiger partial charge in [-0.3, -0.25) is 0 Å². The molecule has 0 bridgehead atoms. The van der Waals surface area contributed by atoms with E-state index in [1.54, 1.807) is 4.90 Å². The Labute approximate surface area is 60.9 Å². The molecule has 1 fully saturated rings. The molecule has 1 heterocycles. The monoisotopic (exact) mass is 140 g/mol. The van der Waals surface area contributed by atoms with Crippen molar-refractivity contribution < 1.29 is 5.11 Å². The summed E-state index contributed by atoms with van der Waals surface area (Å²) in [5, 5.41) is 17.4. The lowest BCUT2D eigenvalue weighted by atomic mass is 10.0. The third kappa shape index (κ3) is 1.07. The molecule has 2 unspecified atom stereocenters. The SMILES string of the molecule is CC1C(CO)CCN1C#N. The average Bonchev–Trinajstić information content (AvgIpc) is 2.30. The highest BCUT2D eigenvalue weighted by Crippen LogP contribution is 2.21. The minimum Gasteiger partial charge on any atom is -0.396 e. The number of aliphatic hydroxyl groups excluding tert-OH is 1. The number of nitriles is 1. The Hall–Kier alpha value is -0.750. The van der Waals surface area contributed by atoms with Gasteiger partial charge in [-0.05, 0) is 13.3 Å². The molecule has 1 N–H and O–H groups in total. The molecular formula is C7H12N2O. The molecule has 1 aliphatic rings. The highest BCUT2D eigenvalue weighted by Gasteiger charge is 2.28. The van der Waals surface area contributed by atoms with Gasteiger partial charge in [-0.2, -0.15) is 5.26 Å². The van der Waals surface area contributed by atoms with Crippen molar-refractivity contribution in [3.63, 3.8) is 0 Å². The second-order valence-corrected chi connectivity index (χ2v) is 2.77. The van der Waals surface area contributed by atoms with Gasteiger partial charge >= 0.3 is 0 Å². The van der Waals surface area contributed by atoms with Crippen molar-refractivity contribution >= 4 is 0 Å². The van der Waals surface area contributed by atoms with Crippen LogP contribution in [0.3, 0.4) is 0 Å². The molecule has 0 aromatic rings. The van der Waals surface area contributed by atoms with Crippen molar-refractivity contribution in [2.24, 2.45) is 5.92 Å². The summed E-state index contributed by atoms with van der Waals surface area (Å²) >= 11 is 0. The van der Waals surface area contributed by atoms with Crippen LogP contribution in [0.5, 0.6) is 0 Å². The van der Waals surface area contributed by atoms with Gasteiger partial charge < -0.3 is 10.0 Å². The number of hydrogen-bond donors (Lipinski definition) is 1. The third-order valence-corrected chi connectivity index (χ3v) is 2.28. The third-order valence-electron chi connectivity index (χ3n) is 2.28. The molecule has 3 nitrogen and oxygen atoms in total. The van der Waals surface area contributed by atoms with Crippen molar-refractivity contribution in [2.75, 3.05) is 13.2 Å². The molecule has 10 heavy (non-hydrogen) atoms. The Kier molecular flexibility index (Phi) is 2.13. The van der Waals surface area contributed by atoms with Crippen LogP contribution in [-0.2, 0) is 0 Å². The first kappa shape index (κ1) is 7.36. The number of likely N-dealkylation sites (tertiary alicyclic amines) is 1. The van der Waals surface area contributed by atoms with Gasteiger partial charge in [-0.1, -0.05) is 0 Å². The summed E-state index contributed by atoms with van der Waals surface area (Å²) in [4.78, 5) is 1.72. The molecule has 1 saturated heterocycles. The molecule has 2 atom stereocenters. The quantitative estimate of drug-likeness (QED) is 0.528. The molecule has 3 heteroatoms. The molecule has 0 amide bonds. The molecule has 1 aliphatic heterocycles. The van der Waals surface area contributed by atoms with Crippen molar-refractivity contribution in [3.05, 3.63) is 0 Å². The molecular weight excluding hydrogens is 128 g/mol. The number of aliphatic hydroxyl groups is 1. The Balaban J connectivity index is 2.51. The first-order valence-electron chi connectivity index (χ1n) is 3.57. The van der Waals surface area contributed by atoms with Gasteiger partial charge in [-0.25, -0.2) is 0 Å². The summed E-state index contributed by atoms with van der Waals surface area (Å²) in [7, 11) is 0. The maximum absolute atomic E-state index is 8.81. The molecule has 1 rings (SSSR count). The maximum atomic E-state index is 8.81. The Morgan fingerprint density at radius 2 is 2.50 bits per heavy atom. The van der Waals surface area contributed by atoms with Crippen molar-refractivity contribution in [3.8, 4) is 6.19 Å². The standard InChI is InChI=1S/C7H12N2O/c1-6-7(4-10)2-3-9(6)5-8/h6-7,10H,2-4H2,1H3. The van der Waals surface area contributed by atoms with Gasteiger partial charge in [0.15, 0.2) is 6.19 Å². The van der Waals surface area contributed by atoms with Gasteiger partial charge in [0.2, 0.25) is 0 Å². The smallest absolute Gasteiger partial charge is 0.179 e. The number of rotatable bonds is 1. The van der Waals surface area contributed by atoms with Gasteiger partial charge in [0, 0.05) is 25.1 Å². The van der Waals surface area contributed by atoms with E-state index in [2.05, 4.69) is 6.19 Å². The van der Waals surface area contributed by atoms with Crippen LogP contribution in [0.15, 0.2) is 0 Å². The predicted molar refractivity (Wildman–Crippen MR) is 37.0 cm³/mol. The zero-order valence-corrected chi connectivity index (χ0v) is 6.12. The molecule has 0 aromatic carbocycles. The van der Waals surface area contributed by atoms with Crippen molar-refractivity contribution in [1.29, 1.82) is 5.26 Å². The molecule has 56 valence electrons. The highest BCUT2D eigenvalue weighted by molar-refractivity contribution is 4.90. The summed E-state index contributed by atoms with van der Waals surface area (Å²) < 4.78 is 0. The lowest BCUT2D eigenvalue weighted by molar-refractivity contribution is 0.200. The average molecular weight is 140 g/mol. The fraction of sp³-hybridized carbons (Fsp3) is 0.857. The number of hydrogen-bond acceptors (Lipinski definition) is 3. The first-order chi connectivity index (χ1) is 4.79. The fourth-order valence-corrected chi connectivity index (χ4v) is 1.39. The van der Waals surface area contributed by atoms with Gasteiger partial charge in [0.05, 0.1) is 0 Å². The largest absolute Gasteiger partial charge is 0.396 e. The van der Waals surface area contributed by atoms with Crippen LogP contribution < -0.4 is 0 Å². The Bertz CT molecular complexity index is 152. The minimum absolute atomic E-state index is 0.208. The van der Waals surface area contributed by atoms with E-state index < -0.39 is 0 Å². The summed E-state index contributed by atoms with van der Waals surface area (Å²) in [5.41, 5.74) is 0. The molecule has 0 aliphatic carbocycles. The van der Waals surface area contributed by atoms with E-state index in [1.165, 1.54) is 0 Å². The summed E-state index contributed by atoms with van der Waals surface area (Å²) in [6.45, 7) is 3.00. The van der Waals surface area contributed by atoms with Gasteiger partial charge in [-0.15, -0.1) is 0 Å². The van der Waals surface area contributed by atoms with Gasteiger partial charge in [0.25, 0.3) is 0 Å².